The van der Waals surface area contributed by atoms with E-state index in [1.165, 1.54) is 16.3 Å². The number of sulfonamides is 1. The van der Waals surface area contributed by atoms with Crippen molar-refractivity contribution in [3.8, 4) is 0 Å². The Bertz CT molecular complexity index is 750. The molecule has 1 saturated heterocycles. The second kappa shape index (κ2) is 7.30. The lowest BCUT2D eigenvalue weighted by molar-refractivity contribution is 0.0195. The van der Waals surface area contributed by atoms with Gasteiger partial charge in [0.1, 0.15) is 15.4 Å². The highest BCUT2D eigenvalue weighted by molar-refractivity contribution is 7.89. The summed E-state index contributed by atoms with van der Waals surface area (Å²) < 4.78 is 32.8. The van der Waals surface area contributed by atoms with Gasteiger partial charge in [0.25, 0.3) is 0 Å². The summed E-state index contributed by atoms with van der Waals surface area (Å²) in [6, 6.07) is 0.776. The summed E-state index contributed by atoms with van der Waals surface area (Å²) in [6.45, 7) is 5.96. The summed E-state index contributed by atoms with van der Waals surface area (Å²) in [5.74, 6) is -1.28. The van der Waals surface area contributed by atoms with Crippen LogP contribution in [0.3, 0.4) is 0 Å². The maximum atomic E-state index is 12.5. The molecule has 1 amide bonds. The average Bonchev–Trinajstić information content (AvgIpc) is 2.95. The topological polar surface area (TPSA) is 113 Å². The highest BCUT2D eigenvalue weighted by Gasteiger charge is 2.32. The number of aromatic carboxylic acids is 1. The van der Waals surface area contributed by atoms with Crippen molar-refractivity contribution >= 4 is 33.4 Å². The lowest BCUT2D eigenvalue weighted by atomic mass is 10.1. The van der Waals surface area contributed by atoms with Gasteiger partial charge in [-0.2, -0.15) is 0 Å². The first-order valence-electron chi connectivity index (χ1n) is 7.80. The molecule has 0 spiro atoms. The van der Waals surface area contributed by atoms with Crippen LogP contribution in [0.25, 0.3) is 0 Å². The molecule has 8 nitrogen and oxygen atoms in total. The SMILES string of the molecule is CC(C)(C)OC(=O)N1CCC[C@@H](NS(=O)(=O)c2ccsc2C(=O)O)C1. The minimum absolute atomic E-state index is 0.181. The van der Waals surface area contributed by atoms with Crippen molar-refractivity contribution in [1.29, 1.82) is 0 Å². The Morgan fingerprint density at radius 2 is 2.08 bits per heavy atom. The van der Waals surface area contributed by atoms with Crippen LogP contribution in [0, 0.1) is 0 Å². The predicted molar refractivity (Wildman–Crippen MR) is 92.4 cm³/mol. The Balaban J connectivity index is 2.08. The van der Waals surface area contributed by atoms with Crippen molar-refractivity contribution in [3.63, 3.8) is 0 Å². The van der Waals surface area contributed by atoms with Crippen LogP contribution >= 0.6 is 11.3 Å². The van der Waals surface area contributed by atoms with Gasteiger partial charge in [-0.15, -0.1) is 11.3 Å². The zero-order valence-corrected chi connectivity index (χ0v) is 15.9. The van der Waals surface area contributed by atoms with E-state index in [1.54, 1.807) is 20.8 Å². The molecule has 2 rings (SSSR count). The Labute approximate surface area is 150 Å². The minimum Gasteiger partial charge on any atom is -0.477 e. The first-order valence-corrected chi connectivity index (χ1v) is 10.2. The number of ether oxygens (including phenoxy) is 1. The molecule has 0 aromatic carbocycles. The fourth-order valence-electron chi connectivity index (χ4n) is 2.51. The summed E-state index contributed by atoms with van der Waals surface area (Å²) in [6.07, 6.45) is 0.700. The van der Waals surface area contributed by atoms with E-state index in [4.69, 9.17) is 9.84 Å². The van der Waals surface area contributed by atoms with Gasteiger partial charge in [0.05, 0.1) is 0 Å². The van der Waals surface area contributed by atoms with Gasteiger partial charge < -0.3 is 14.7 Å². The summed E-state index contributed by atoms with van der Waals surface area (Å²) in [5, 5.41) is 10.5. The molecule has 2 heterocycles. The molecule has 1 aromatic heterocycles. The molecule has 0 radical (unpaired) electrons. The van der Waals surface area contributed by atoms with E-state index in [9.17, 15) is 18.0 Å². The molecule has 1 aromatic rings. The normalized spacial score (nSPS) is 18.8. The lowest BCUT2D eigenvalue weighted by Gasteiger charge is -2.34. The van der Waals surface area contributed by atoms with E-state index in [0.717, 1.165) is 11.3 Å². The van der Waals surface area contributed by atoms with Gasteiger partial charge in [-0.05, 0) is 45.1 Å². The van der Waals surface area contributed by atoms with E-state index in [2.05, 4.69) is 4.72 Å². The maximum absolute atomic E-state index is 12.5. The molecule has 1 atom stereocenters. The molecule has 2 N–H and O–H groups in total. The molecule has 1 aliphatic rings. The van der Waals surface area contributed by atoms with Crippen molar-refractivity contribution in [1.82, 2.24) is 9.62 Å². The van der Waals surface area contributed by atoms with Crippen LogP contribution in [0.15, 0.2) is 16.3 Å². The fraction of sp³-hybridized carbons (Fsp3) is 0.600. The van der Waals surface area contributed by atoms with Crippen molar-refractivity contribution in [2.75, 3.05) is 13.1 Å². The smallest absolute Gasteiger partial charge is 0.410 e. The number of nitrogens with zero attached hydrogens (tertiary/aromatic N) is 1. The van der Waals surface area contributed by atoms with Crippen molar-refractivity contribution in [2.24, 2.45) is 0 Å². The first-order chi connectivity index (χ1) is 11.5. The summed E-state index contributed by atoms with van der Waals surface area (Å²) in [4.78, 5) is 24.3. The number of nitrogens with one attached hydrogen (secondary N) is 1. The minimum atomic E-state index is -3.98. The molecule has 1 aliphatic heterocycles. The number of hydrogen-bond donors (Lipinski definition) is 2. The zero-order valence-electron chi connectivity index (χ0n) is 14.3. The van der Waals surface area contributed by atoms with Crippen molar-refractivity contribution in [2.45, 2.75) is 50.2 Å². The third kappa shape index (κ3) is 5.16. The van der Waals surface area contributed by atoms with Crippen LogP contribution in [0.2, 0.25) is 0 Å². The van der Waals surface area contributed by atoms with E-state index >= 15 is 0 Å². The molecule has 0 saturated carbocycles. The molecule has 0 unspecified atom stereocenters. The standard InChI is InChI=1S/C15H22N2O6S2/c1-15(2,3)23-14(20)17-7-4-5-10(9-17)16-25(21,22)11-6-8-24-12(11)13(18)19/h6,8,10,16H,4-5,7,9H2,1-3H3,(H,18,19)/t10-/m1/s1. The van der Waals surface area contributed by atoms with Crippen molar-refractivity contribution in [3.05, 3.63) is 16.3 Å². The number of amides is 1. The van der Waals surface area contributed by atoms with E-state index < -0.39 is 33.7 Å². The van der Waals surface area contributed by atoms with E-state index in [-0.39, 0.29) is 16.3 Å². The Kier molecular flexibility index (Phi) is 5.75. The average molecular weight is 390 g/mol. The van der Waals surface area contributed by atoms with Crippen LogP contribution in [0.5, 0.6) is 0 Å². The van der Waals surface area contributed by atoms with Gasteiger partial charge >= 0.3 is 12.1 Å². The largest absolute Gasteiger partial charge is 0.477 e. The number of rotatable bonds is 4. The van der Waals surface area contributed by atoms with Crippen LogP contribution < -0.4 is 4.72 Å². The fourth-order valence-corrected chi connectivity index (χ4v) is 5.04. The van der Waals surface area contributed by atoms with Crippen LogP contribution in [0.4, 0.5) is 4.79 Å². The predicted octanol–water partition coefficient (Wildman–Crippen LogP) is 2.12. The first kappa shape index (κ1) is 19.7. The highest BCUT2D eigenvalue weighted by Crippen LogP contribution is 2.23. The lowest BCUT2D eigenvalue weighted by Crippen LogP contribution is -2.50. The monoisotopic (exact) mass is 390 g/mol. The molecule has 0 bridgehead atoms. The number of carboxylic acid groups (broad SMARTS) is 1. The maximum Gasteiger partial charge on any atom is 0.410 e. The number of likely N-dealkylation sites (tertiary alicyclic amines) is 1. The summed E-state index contributed by atoms with van der Waals surface area (Å²) >= 11 is 0.855. The molecular weight excluding hydrogens is 368 g/mol. The van der Waals surface area contributed by atoms with Gasteiger partial charge in [-0.25, -0.2) is 22.7 Å². The second-order valence-corrected chi connectivity index (χ2v) is 9.40. The van der Waals surface area contributed by atoms with Gasteiger partial charge in [0.2, 0.25) is 10.0 Å². The Hall–Kier alpha value is -1.65. The third-order valence-electron chi connectivity index (χ3n) is 3.51. The molecule has 25 heavy (non-hydrogen) atoms. The molecule has 10 heteroatoms. The van der Waals surface area contributed by atoms with Gasteiger partial charge in [-0.3, -0.25) is 0 Å². The summed E-state index contributed by atoms with van der Waals surface area (Å²) in [7, 11) is -3.98. The molecular formula is C15H22N2O6S2. The number of carbonyl (C=O) groups is 2. The highest BCUT2D eigenvalue weighted by atomic mass is 32.2. The summed E-state index contributed by atoms with van der Waals surface area (Å²) in [5.41, 5.74) is -0.628. The number of hydrogen-bond acceptors (Lipinski definition) is 6. The Morgan fingerprint density at radius 3 is 2.68 bits per heavy atom. The number of piperidine rings is 1. The van der Waals surface area contributed by atoms with Crippen LogP contribution in [-0.4, -0.2) is 55.2 Å². The van der Waals surface area contributed by atoms with Crippen LogP contribution in [0.1, 0.15) is 43.3 Å². The zero-order chi connectivity index (χ0) is 18.8. The molecule has 0 aliphatic carbocycles. The quantitative estimate of drug-likeness (QED) is 0.814. The van der Waals surface area contributed by atoms with E-state index in [0.29, 0.717) is 19.4 Å². The Morgan fingerprint density at radius 1 is 1.40 bits per heavy atom. The van der Waals surface area contributed by atoms with Gasteiger partial charge in [-0.1, -0.05) is 0 Å². The second-order valence-electron chi connectivity index (χ2n) is 6.81. The molecule has 1 fully saturated rings. The number of thiophene rings is 1. The molecule has 140 valence electrons. The van der Waals surface area contributed by atoms with Crippen molar-refractivity contribution < 1.29 is 27.9 Å². The number of carboxylic acids is 1. The van der Waals surface area contributed by atoms with Gasteiger partial charge in [0.15, 0.2) is 0 Å². The van der Waals surface area contributed by atoms with E-state index in [1.807, 2.05) is 0 Å². The van der Waals surface area contributed by atoms with Crippen LogP contribution in [-0.2, 0) is 14.8 Å². The third-order valence-corrected chi connectivity index (χ3v) is 6.10. The van der Waals surface area contributed by atoms with Gasteiger partial charge in [0, 0.05) is 19.1 Å². The number of carbonyl (C=O) groups excluding carboxylic acids is 1.